The molecule has 1 unspecified atom stereocenters. The third kappa shape index (κ3) is 2.52. The van der Waals surface area contributed by atoms with Crippen molar-refractivity contribution < 1.29 is 9.13 Å². The molecule has 0 bridgehead atoms. The van der Waals surface area contributed by atoms with Crippen molar-refractivity contribution in [1.82, 2.24) is 14.5 Å². The van der Waals surface area contributed by atoms with Crippen molar-refractivity contribution in [2.24, 2.45) is 0 Å². The highest BCUT2D eigenvalue weighted by molar-refractivity contribution is 5.67. The summed E-state index contributed by atoms with van der Waals surface area (Å²) in [5.74, 6) is 0.611. The van der Waals surface area contributed by atoms with Gasteiger partial charge in [0, 0.05) is 11.6 Å². The number of hydrogen-bond donors (Lipinski definition) is 0. The van der Waals surface area contributed by atoms with E-state index in [0.29, 0.717) is 25.1 Å². The second kappa shape index (κ2) is 5.62. The first-order valence-electron chi connectivity index (χ1n) is 8.46. The number of aromatic nitrogens is 3. The number of hydrogen-bond acceptors (Lipinski definition) is 3. The van der Waals surface area contributed by atoms with Crippen molar-refractivity contribution in [2.75, 3.05) is 7.11 Å². The Bertz CT molecular complexity index is 706. The minimum absolute atomic E-state index is 0.0622. The number of imidazole rings is 1. The number of nitrogens with zero attached hydrogens (tertiary/aromatic N) is 3. The average Bonchev–Trinajstić information content (AvgIpc) is 3.14. The van der Waals surface area contributed by atoms with Gasteiger partial charge in [-0.15, -0.1) is 0 Å². The molecule has 23 heavy (non-hydrogen) atoms. The zero-order valence-corrected chi connectivity index (χ0v) is 13.5. The molecule has 0 N–H and O–H groups in total. The van der Waals surface area contributed by atoms with Crippen LogP contribution in [-0.2, 0) is 0 Å². The van der Waals surface area contributed by atoms with E-state index in [1.807, 2.05) is 24.7 Å². The van der Waals surface area contributed by atoms with E-state index in [4.69, 9.17) is 4.74 Å². The third-order valence-corrected chi connectivity index (χ3v) is 5.32. The molecule has 4 nitrogen and oxygen atoms in total. The van der Waals surface area contributed by atoms with Gasteiger partial charge in [-0.1, -0.05) is 19.3 Å². The maximum Gasteiger partial charge on any atom is 0.213 e. The molecular weight excluding hydrogens is 293 g/mol. The van der Waals surface area contributed by atoms with Crippen LogP contribution in [0.5, 0.6) is 5.88 Å². The molecule has 1 aliphatic carbocycles. The lowest BCUT2D eigenvalue weighted by Gasteiger charge is -2.30. The quantitative estimate of drug-likeness (QED) is 0.844. The number of pyridine rings is 1. The summed E-state index contributed by atoms with van der Waals surface area (Å²) in [7, 11) is 1.62. The van der Waals surface area contributed by atoms with Crippen molar-refractivity contribution in [1.29, 1.82) is 0 Å². The van der Waals surface area contributed by atoms with Crippen LogP contribution in [0.4, 0.5) is 4.39 Å². The smallest absolute Gasteiger partial charge is 0.213 e. The standard InChI is InChI=1S/C18H22FN3O/c1-23-16-6-5-13-15-11-20-12-22(15)14(17(13)21-16)7-10-18(19)8-3-2-4-9-18/h5-6,11-12,14H,2-4,7-10H2,1H3. The van der Waals surface area contributed by atoms with Gasteiger partial charge in [0.05, 0.1) is 37.1 Å². The summed E-state index contributed by atoms with van der Waals surface area (Å²) in [5.41, 5.74) is 2.14. The van der Waals surface area contributed by atoms with Gasteiger partial charge in [0.15, 0.2) is 0 Å². The fourth-order valence-electron chi connectivity index (χ4n) is 4.04. The van der Waals surface area contributed by atoms with Crippen LogP contribution in [0.1, 0.15) is 56.7 Å². The van der Waals surface area contributed by atoms with Crippen molar-refractivity contribution in [3.05, 3.63) is 30.4 Å². The normalized spacial score (nSPS) is 21.7. The summed E-state index contributed by atoms with van der Waals surface area (Å²) in [6.45, 7) is 0. The van der Waals surface area contributed by atoms with E-state index in [9.17, 15) is 4.39 Å². The van der Waals surface area contributed by atoms with Gasteiger partial charge in [-0.3, -0.25) is 0 Å². The van der Waals surface area contributed by atoms with Gasteiger partial charge >= 0.3 is 0 Å². The average molecular weight is 315 g/mol. The van der Waals surface area contributed by atoms with Gasteiger partial charge in [0.25, 0.3) is 0 Å². The summed E-state index contributed by atoms with van der Waals surface area (Å²) in [6, 6.07) is 3.96. The van der Waals surface area contributed by atoms with E-state index in [1.165, 1.54) is 6.42 Å². The van der Waals surface area contributed by atoms with Gasteiger partial charge in [0.2, 0.25) is 5.88 Å². The Morgan fingerprint density at radius 2 is 2.13 bits per heavy atom. The van der Waals surface area contributed by atoms with Crippen molar-refractivity contribution in [2.45, 2.75) is 56.7 Å². The molecule has 0 saturated heterocycles. The van der Waals surface area contributed by atoms with Gasteiger partial charge in [-0.2, -0.15) is 0 Å². The predicted octanol–water partition coefficient (Wildman–Crippen LogP) is 4.31. The minimum atomic E-state index is -0.999. The van der Waals surface area contributed by atoms with Crippen molar-refractivity contribution >= 4 is 0 Å². The monoisotopic (exact) mass is 315 g/mol. The maximum absolute atomic E-state index is 15.0. The Hall–Kier alpha value is -1.91. The van der Waals surface area contributed by atoms with Crippen LogP contribution in [0.2, 0.25) is 0 Å². The Morgan fingerprint density at radius 3 is 2.91 bits per heavy atom. The van der Waals surface area contributed by atoms with E-state index in [0.717, 1.165) is 36.2 Å². The Kier molecular flexibility index (Phi) is 3.58. The summed E-state index contributed by atoms with van der Waals surface area (Å²) in [4.78, 5) is 8.89. The fourth-order valence-corrected chi connectivity index (χ4v) is 4.04. The van der Waals surface area contributed by atoms with E-state index in [2.05, 4.69) is 14.5 Å². The molecule has 2 aromatic rings. The zero-order chi connectivity index (χ0) is 15.9. The Morgan fingerprint density at radius 1 is 1.30 bits per heavy atom. The molecular formula is C18H22FN3O. The summed E-state index contributed by atoms with van der Waals surface area (Å²) < 4.78 is 22.4. The molecule has 5 heteroatoms. The Balaban J connectivity index is 1.61. The molecule has 2 aromatic heterocycles. The molecule has 2 aliphatic rings. The van der Waals surface area contributed by atoms with E-state index >= 15 is 0 Å². The van der Waals surface area contributed by atoms with Crippen LogP contribution in [0, 0.1) is 0 Å². The first-order chi connectivity index (χ1) is 11.2. The molecule has 1 aliphatic heterocycles. The summed E-state index contributed by atoms with van der Waals surface area (Å²) >= 11 is 0. The molecule has 122 valence electrons. The second-order valence-corrected chi connectivity index (χ2v) is 6.74. The van der Waals surface area contributed by atoms with Gasteiger partial charge < -0.3 is 9.30 Å². The Labute approximate surface area is 135 Å². The molecule has 4 rings (SSSR count). The highest BCUT2D eigenvalue weighted by atomic mass is 19.1. The number of alkyl halides is 1. The lowest BCUT2D eigenvalue weighted by atomic mass is 9.82. The fraction of sp³-hybridized carbons (Fsp3) is 0.556. The van der Waals surface area contributed by atoms with Gasteiger partial charge in [-0.05, 0) is 31.7 Å². The SMILES string of the molecule is COc1ccc2c(n1)C(CCC1(F)CCCCC1)n1cncc1-2. The van der Waals surface area contributed by atoms with Crippen LogP contribution in [0.25, 0.3) is 11.3 Å². The summed E-state index contributed by atoms with van der Waals surface area (Å²) in [6.07, 6.45) is 9.64. The van der Waals surface area contributed by atoms with E-state index in [-0.39, 0.29) is 6.04 Å². The molecule has 1 atom stereocenters. The molecule has 0 aromatic carbocycles. The molecule has 0 radical (unpaired) electrons. The molecule has 3 heterocycles. The largest absolute Gasteiger partial charge is 0.481 e. The molecule has 0 amide bonds. The molecule has 1 fully saturated rings. The third-order valence-electron chi connectivity index (χ3n) is 5.32. The van der Waals surface area contributed by atoms with Crippen LogP contribution in [0.15, 0.2) is 24.7 Å². The van der Waals surface area contributed by atoms with Crippen LogP contribution in [-0.4, -0.2) is 27.3 Å². The van der Waals surface area contributed by atoms with Gasteiger partial charge in [0.1, 0.15) is 5.67 Å². The first-order valence-corrected chi connectivity index (χ1v) is 8.46. The maximum atomic E-state index is 15.0. The number of halogens is 1. The number of ether oxygens (including phenoxy) is 1. The highest BCUT2D eigenvalue weighted by Gasteiger charge is 2.36. The van der Waals surface area contributed by atoms with Crippen LogP contribution >= 0.6 is 0 Å². The zero-order valence-electron chi connectivity index (χ0n) is 13.5. The van der Waals surface area contributed by atoms with Crippen molar-refractivity contribution in [3.63, 3.8) is 0 Å². The lowest BCUT2D eigenvalue weighted by Crippen LogP contribution is -2.27. The second-order valence-electron chi connectivity index (χ2n) is 6.74. The minimum Gasteiger partial charge on any atom is -0.481 e. The van der Waals surface area contributed by atoms with E-state index in [1.54, 1.807) is 7.11 Å². The number of rotatable bonds is 4. The van der Waals surface area contributed by atoms with Crippen LogP contribution in [0.3, 0.4) is 0 Å². The first kappa shape index (κ1) is 14.7. The highest BCUT2D eigenvalue weighted by Crippen LogP contribution is 2.44. The molecule has 0 spiro atoms. The van der Waals surface area contributed by atoms with E-state index < -0.39 is 5.67 Å². The topological polar surface area (TPSA) is 39.9 Å². The van der Waals surface area contributed by atoms with Crippen molar-refractivity contribution in [3.8, 4) is 17.1 Å². The molecule has 1 saturated carbocycles. The predicted molar refractivity (Wildman–Crippen MR) is 86.3 cm³/mol. The number of fused-ring (bicyclic) bond motifs is 3. The van der Waals surface area contributed by atoms with Crippen LogP contribution < -0.4 is 4.74 Å². The number of methoxy groups -OCH3 is 1. The summed E-state index contributed by atoms with van der Waals surface area (Å²) in [5, 5.41) is 0. The van der Waals surface area contributed by atoms with Gasteiger partial charge in [-0.25, -0.2) is 14.4 Å². The lowest BCUT2D eigenvalue weighted by molar-refractivity contribution is 0.0901.